The van der Waals surface area contributed by atoms with E-state index >= 15 is 0 Å². The van der Waals surface area contributed by atoms with Crippen molar-refractivity contribution in [2.45, 2.75) is 57.3 Å². The lowest BCUT2D eigenvalue weighted by atomic mass is 9.67. The highest BCUT2D eigenvalue weighted by molar-refractivity contribution is 5.37. The molecule has 0 radical (unpaired) electrons. The van der Waals surface area contributed by atoms with Gasteiger partial charge in [0.15, 0.2) is 0 Å². The summed E-state index contributed by atoms with van der Waals surface area (Å²) in [5.41, 5.74) is 0.893. The first-order valence-corrected chi connectivity index (χ1v) is 7.80. The SMILES string of the molecule is CCCCC1CCC(C#N)(c2ccc(OC)cc2)CC1. The van der Waals surface area contributed by atoms with Crippen LogP contribution in [0.3, 0.4) is 0 Å². The second kappa shape index (κ2) is 6.79. The van der Waals surface area contributed by atoms with Gasteiger partial charge in [0.25, 0.3) is 0 Å². The highest BCUT2D eigenvalue weighted by Gasteiger charge is 2.36. The molecule has 0 aromatic heterocycles. The topological polar surface area (TPSA) is 33.0 Å². The monoisotopic (exact) mass is 271 g/mol. The van der Waals surface area contributed by atoms with E-state index in [9.17, 15) is 5.26 Å². The summed E-state index contributed by atoms with van der Waals surface area (Å²) in [6.45, 7) is 2.25. The summed E-state index contributed by atoms with van der Waals surface area (Å²) in [6, 6.07) is 10.7. The second-order valence-corrected chi connectivity index (χ2v) is 6.01. The van der Waals surface area contributed by atoms with Gasteiger partial charge in [0.2, 0.25) is 0 Å². The molecule has 1 aromatic carbocycles. The minimum Gasteiger partial charge on any atom is -0.497 e. The average molecular weight is 271 g/mol. The molecule has 0 heterocycles. The summed E-state index contributed by atoms with van der Waals surface area (Å²) >= 11 is 0. The van der Waals surface area contributed by atoms with Gasteiger partial charge < -0.3 is 4.74 Å². The van der Waals surface area contributed by atoms with E-state index in [-0.39, 0.29) is 5.41 Å². The van der Waals surface area contributed by atoms with Crippen LogP contribution >= 0.6 is 0 Å². The van der Waals surface area contributed by atoms with Crippen molar-refractivity contribution in [2.75, 3.05) is 7.11 Å². The van der Waals surface area contributed by atoms with Crippen molar-refractivity contribution < 1.29 is 4.74 Å². The molecule has 2 rings (SSSR count). The predicted molar refractivity (Wildman–Crippen MR) is 81.8 cm³/mol. The van der Waals surface area contributed by atoms with E-state index in [1.807, 2.05) is 12.1 Å². The molecule has 0 amide bonds. The van der Waals surface area contributed by atoms with Gasteiger partial charge in [0, 0.05) is 0 Å². The Labute approximate surface area is 122 Å². The molecule has 1 saturated carbocycles. The third kappa shape index (κ3) is 3.15. The molecule has 0 saturated heterocycles. The van der Waals surface area contributed by atoms with Crippen molar-refractivity contribution in [3.05, 3.63) is 29.8 Å². The van der Waals surface area contributed by atoms with Crippen LogP contribution in [0.5, 0.6) is 5.75 Å². The molecule has 1 aliphatic rings. The largest absolute Gasteiger partial charge is 0.497 e. The first-order valence-electron chi connectivity index (χ1n) is 7.80. The standard InChI is InChI=1S/C18H25NO/c1-3-4-5-15-10-12-18(14-19,13-11-15)16-6-8-17(20-2)9-7-16/h6-9,15H,3-5,10-13H2,1-2H3. The number of rotatable bonds is 5. The number of ether oxygens (including phenoxy) is 1. The molecular formula is C18H25NO. The maximum atomic E-state index is 9.70. The minimum atomic E-state index is -0.269. The Kier molecular flexibility index (Phi) is 5.06. The van der Waals surface area contributed by atoms with Crippen molar-refractivity contribution in [1.82, 2.24) is 0 Å². The zero-order chi connectivity index (χ0) is 14.4. The quantitative estimate of drug-likeness (QED) is 0.768. The van der Waals surface area contributed by atoms with Crippen molar-refractivity contribution in [2.24, 2.45) is 5.92 Å². The summed E-state index contributed by atoms with van der Waals surface area (Å²) in [7, 11) is 1.67. The fourth-order valence-corrected chi connectivity index (χ4v) is 3.33. The van der Waals surface area contributed by atoms with Crippen molar-refractivity contribution >= 4 is 0 Å². The van der Waals surface area contributed by atoms with Crippen LogP contribution in [0.25, 0.3) is 0 Å². The molecule has 0 N–H and O–H groups in total. The Morgan fingerprint density at radius 1 is 1.25 bits per heavy atom. The molecule has 108 valence electrons. The molecule has 0 aliphatic heterocycles. The zero-order valence-electron chi connectivity index (χ0n) is 12.7. The van der Waals surface area contributed by atoms with E-state index in [0.717, 1.165) is 30.1 Å². The van der Waals surface area contributed by atoms with Crippen molar-refractivity contribution in [3.8, 4) is 11.8 Å². The van der Waals surface area contributed by atoms with Gasteiger partial charge in [-0.1, -0.05) is 38.3 Å². The highest BCUT2D eigenvalue weighted by atomic mass is 16.5. The van der Waals surface area contributed by atoms with Gasteiger partial charge in [-0.05, 0) is 49.3 Å². The number of nitrogens with zero attached hydrogens (tertiary/aromatic N) is 1. The third-order valence-electron chi connectivity index (χ3n) is 4.78. The van der Waals surface area contributed by atoms with Gasteiger partial charge in [-0.2, -0.15) is 5.26 Å². The lowest BCUT2D eigenvalue weighted by Crippen LogP contribution is -2.30. The molecule has 1 fully saturated rings. The van der Waals surface area contributed by atoms with Crippen LogP contribution in [-0.2, 0) is 5.41 Å². The van der Waals surface area contributed by atoms with E-state index in [1.165, 1.54) is 32.1 Å². The van der Waals surface area contributed by atoms with Crippen LogP contribution in [-0.4, -0.2) is 7.11 Å². The van der Waals surface area contributed by atoms with Crippen molar-refractivity contribution in [3.63, 3.8) is 0 Å². The molecule has 0 unspecified atom stereocenters. The Morgan fingerprint density at radius 2 is 1.90 bits per heavy atom. The summed E-state index contributed by atoms with van der Waals surface area (Å²) in [5, 5.41) is 9.70. The lowest BCUT2D eigenvalue weighted by Gasteiger charge is -2.35. The maximum Gasteiger partial charge on any atom is 0.118 e. The van der Waals surface area contributed by atoms with Crippen LogP contribution in [0, 0.1) is 17.2 Å². The van der Waals surface area contributed by atoms with Gasteiger partial charge in [-0.25, -0.2) is 0 Å². The van der Waals surface area contributed by atoms with Gasteiger partial charge >= 0.3 is 0 Å². The number of hydrogen-bond acceptors (Lipinski definition) is 2. The number of hydrogen-bond donors (Lipinski definition) is 0. The second-order valence-electron chi connectivity index (χ2n) is 6.01. The minimum absolute atomic E-state index is 0.269. The Morgan fingerprint density at radius 3 is 2.40 bits per heavy atom. The Bertz CT molecular complexity index is 449. The van der Waals surface area contributed by atoms with E-state index in [2.05, 4.69) is 25.1 Å². The summed E-state index contributed by atoms with van der Waals surface area (Å²) in [6.07, 6.45) is 8.33. The fourth-order valence-electron chi connectivity index (χ4n) is 3.33. The summed E-state index contributed by atoms with van der Waals surface area (Å²) < 4.78 is 5.20. The zero-order valence-corrected chi connectivity index (χ0v) is 12.7. The molecule has 0 atom stereocenters. The molecular weight excluding hydrogens is 246 g/mol. The summed E-state index contributed by atoms with van der Waals surface area (Å²) in [5.74, 6) is 1.69. The van der Waals surface area contributed by atoms with E-state index < -0.39 is 0 Å². The Balaban J connectivity index is 2.06. The number of unbranched alkanes of at least 4 members (excludes halogenated alkanes) is 1. The fraction of sp³-hybridized carbons (Fsp3) is 0.611. The normalized spacial score (nSPS) is 25.9. The molecule has 1 aromatic rings. The van der Waals surface area contributed by atoms with E-state index in [1.54, 1.807) is 7.11 Å². The number of methoxy groups -OCH3 is 1. The molecule has 20 heavy (non-hydrogen) atoms. The highest BCUT2D eigenvalue weighted by Crippen LogP contribution is 2.42. The third-order valence-corrected chi connectivity index (χ3v) is 4.78. The molecule has 0 bridgehead atoms. The lowest BCUT2D eigenvalue weighted by molar-refractivity contribution is 0.262. The molecule has 2 heteroatoms. The first-order chi connectivity index (χ1) is 9.74. The van der Waals surface area contributed by atoms with Crippen molar-refractivity contribution in [1.29, 1.82) is 5.26 Å². The molecule has 1 aliphatic carbocycles. The van der Waals surface area contributed by atoms with Crippen LogP contribution < -0.4 is 4.74 Å². The van der Waals surface area contributed by atoms with E-state index in [0.29, 0.717) is 0 Å². The van der Waals surface area contributed by atoms with Gasteiger partial charge in [0.1, 0.15) is 5.75 Å². The molecule has 2 nitrogen and oxygen atoms in total. The first kappa shape index (κ1) is 14.9. The number of nitriles is 1. The van der Waals surface area contributed by atoms with Crippen LogP contribution in [0.1, 0.15) is 57.4 Å². The van der Waals surface area contributed by atoms with Crippen LogP contribution in [0.15, 0.2) is 24.3 Å². The van der Waals surface area contributed by atoms with Gasteiger partial charge in [-0.3, -0.25) is 0 Å². The predicted octanol–water partition coefficient (Wildman–Crippen LogP) is 4.84. The van der Waals surface area contributed by atoms with Gasteiger partial charge in [0.05, 0.1) is 18.6 Å². The molecule has 0 spiro atoms. The average Bonchev–Trinajstić information content (AvgIpc) is 2.53. The maximum absolute atomic E-state index is 9.70. The van der Waals surface area contributed by atoms with Crippen LogP contribution in [0.2, 0.25) is 0 Å². The number of benzene rings is 1. The summed E-state index contributed by atoms with van der Waals surface area (Å²) in [4.78, 5) is 0. The Hall–Kier alpha value is -1.49. The smallest absolute Gasteiger partial charge is 0.118 e. The van der Waals surface area contributed by atoms with Crippen LogP contribution in [0.4, 0.5) is 0 Å². The van der Waals surface area contributed by atoms with Gasteiger partial charge in [-0.15, -0.1) is 0 Å². The van der Waals surface area contributed by atoms with E-state index in [4.69, 9.17) is 4.74 Å².